The highest BCUT2D eigenvalue weighted by molar-refractivity contribution is 7.99. The Bertz CT molecular complexity index is 579. The van der Waals surface area contributed by atoms with Crippen LogP contribution in [0.25, 0.3) is 0 Å². The van der Waals surface area contributed by atoms with Gasteiger partial charge in [0.1, 0.15) is 10.7 Å². The van der Waals surface area contributed by atoms with Crippen LogP contribution in [-0.4, -0.2) is 31.1 Å². The quantitative estimate of drug-likeness (QED) is 0.713. The maximum atomic E-state index is 14.0. The highest BCUT2D eigenvalue weighted by Gasteiger charge is 2.24. The van der Waals surface area contributed by atoms with Gasteiger partial charge in [0.25, 0.3) is 0 Å². The topological polar surface area (TPSA) is 66.4 Å². The van der Waals surface area contributed by atoms with Gasteiger partial charge in [-0.2, -0.15) is 11.8 Å². The van der Waals surface area contributed by atoms with Crippen LogP contribution in [0.1, 0.15) is 25.8 Å². The van der Waals surface area contributed by atoms with E-state index in [1.165, 1.54) is 0 Å². The average molecular weight is 339 g/mol. The van der Waals surface area contributed by atoms with Crippen molar-refractivity contribution in [2.45, 2.75) is 37.8 Å². The summed E-state index contributed by atoms with van der Waals surface area (Å²) in [4.78, 5) is -0.650. The fourth-order valence-corrected chi connectivity index (χ4v) is 3.91. The first-order valence-electron chi connectivity index (χ1n) is 6.51. The van der Waals surface area contributed by atoms with Gasteiger partial charge in [-0.15, -0.1) is 0 Å². The van der Waals surface area contributed by atoms with E-state index in [-0.39, 0.29) is 6.04 Å². The molecule has 1 aromatic rings. The number of aliphatic hydroxyl groups excluding tert-OH is 1. The molecule has 2 N–H and O–H groups in total. The molecular formula is C13H19F2NO3S2. The third-order valence-corrected chi connectivity index (χ3v) is 5.39. The Morgan fingerprint density at radius 3 is 2.62 bits per heavy atom. The molecule has 0 spiro atoms. The summed E-state index contributed by atoms with van der Waals surface area (Å²) >= 11 is 1.68. The van der Waals surface area contributed by atoms with Crippen LogP contribution in [-0.2, 0) is 16.6 Å². The molecule has 0 bridgehead atoms. The predicted molar refractivity (Wildman–Crippen MR) is 79.7 cm³/mol. The van der Waals surface area contributed by atoms with Crippen molar-refractivity contribution in [3.63, 3.8) is 0 Å². The summed E-state index contributed by atoms with van der Waals surface area (Å²) in [6, 6.07) is 1.33. The minimum absolute atomic E-state index is 0.365. The first-order valence-corrected chi connectivity index (χ1v) is 9.15. The molecule has 1 unspecified atom stereocenters. The van der Waals surface area contributed by atoms with Crippen molar-refractivity contribution in [2.75, 3.05) is 11.5 Å². The normalized spacial score (nSPS) is 13.4. The molecule has 0 aliphatic rings. The van der Waals surface area contributed by atoms with Gasteiger partial charge in [0.05, 0.1) is 12.2 Å². The molecule has 0 fully saturated rings. The van der Waals surface area contributed by atoms with E-state index in [1.807, 2.05) is 6.92 Å². The van der Waals surface area contributed by atoms with Crippen LogP contribution in [0.15, 0.2) is 17.0 Å². The van der Waals surface area contributed by atoms with Crippen LogP contribution in [0.2, 0.25) is 0 Å². The largest absolute Gasteiger partial charge is 0.391 e. The summed E-state index contributed by atoms with van der Waals surface area (Å²) < 4.78 is 53.8. The lowest BCUT2D eigenvalue weighted by Crippen LogP contribution is -2.33. The fourth-order valence-electron chi connectivity index (χ4n) is 1.72. The molecule has 0 amide bonds. The number of halogens is 2. The second-order valence-electron chi connectivity index (χ2n) is 4.50. The molecule has 120 valence electrons. The number of hydrogen-bond donors (Lipinski definition) is 2. The van der Waals surface area contributed by atoms with Crippen molar-refractivity contribution < 1.29 is 22.3 Å². The lowest BCUT2D eigenvalue weighted by Gasteiger charge is -2.15. The van der Waals surface area contributed by atoms with Crippen LogP contribution >= 0.6 is 11.8 Å². The first-order chi connectivity index (χ1) is 9.83. The van der Waals surface area contributed by atoms with Gasteiger partial charge >= 0.3 is 0 Å². The summed E-state index contributed by atoms with van der Waals surface area (Å²) in [6.07, 6.45) is 0.605. The van der Waals surface area contributed by atoms with Crippen molar-refractivity contribution in [3.05, 3.63) is 29.3 Å². The average Bonchev–Trinajstić information content (AvgIpc) is 2.38. The van der Waals surface area contributed by atoms with E-state index in [2.05, 4.69) is 4.72 Å². The highest BCUT2D eigenvalue weighted by Crippen LogP contribution is 2.21. The van der Waals surface area contributed by atoms with E-state index in [4.69, 9.17) is 5.11 Å². The standard InChI is InChI=1S/C13H19F2NO3S2/c1-3-20-7-6-9(2)16-21(18,19)12-5-4-11(14)10(8-17)13(12)15/h4-5,9,16-17H,3,6-8H2,1-2H3. The number of aliphatic hydroxyl groups is 1. The second-order valence-corrected chi connectivity index (χ2v) is 7.58. The lowest BCUT2D eigenvalue weighted by atomic mass is 10.2. The number of nitrogens with one attached hydrogen (secondary N) is 1. The van der Waals surface area contributed by atoms with Gasteiger partial charge in [0.15, 0.2) is 5.82 Å². The lowest BCUT2D eigenvalue weighted by molar-refractivity contribution is 0.267. The number of rotatable bonds is 8. The van der Waals surface area contributed by atoms with E-state index in [1.54, 1.807) is 18.7 Å². The van der Waals surface area contributed by atoms with Gasteiger partial charge in [-0.25, -0.2) is 21.9 Å². The Kier molecular flexibility index (Phi) is 7.05. The van der Waals surface area contributed by atoms with Crippen molar-refractivity contribution in [1.29, 1.82) is 0 Å². The summed E-state index contributed by atoms with van der Waals surface area (Å²) in [6.45, 7) is 2.79. The Balaban J connectivity index is 2.93. The van der Waals surface area contributed by atoms with Crippen LogP contribution in [0.4, 0.5) is 8.78 Å². The van der Waals surface area contributed by atoms with Crippen molar-refractivity contribution >= 4 is 21.8 Å². The van der Waals surface area contributed by atoms with Crippen LogP contribution in [0, 0.1) is 11.6 Å². The summed E-state index contributed by atoms with van der Waals surface area (Å²) in [5.74, 6) is -0.499. The van der Waals surface area contributed by atoms with Crippen molar-refractivity contribution in [1.82, 2.24) is 4.72 Å². The number of thioether (sulfide) groups is 1. The molecule has 1 atom stereocenters. The summed E-state index contributed by atoms with van der Waals surface area (Å²) in [5, 5.41) is 8.92. The zero-order valence-electron chi connectivity index (χ0n) is 11.9. The van der Waals surface area contributed by atoms with Gasteiger partial charge in [-0.05, 0) is 37.0 Å². The van der Waals surface area contributed by atoms with Gasteiger partial charge in [0.2, 0.25) is 10.0 Å². The third kappa shape index (κ3) is 4.91. The van der Waals surface area contributed by atoms with Gasteiger partial charge in [-0.1, -0.05) is 6.92 Å². The second kappa shape index (κ2) is 8.07. The number of sulfonamides is 1. The van der Waals surface area contributed by atoms with E-state index >= 15 is 0 Å². The summed E-state index contributed by atoms with van der Waals surface area (Å²) in [7, 11) is -4.09. The molecule has 0 saturated carbocycles. The first kappa shape index (κ1) is 18.3. The van der Waals surface area contributed by atoms with Gasteiger partial charge < -0.3 is 5.11 Å². The zero-order chi connectivity index (χ0) is 16.0. The molecule has 1 aromatic carbocycles. The molecule has 0 aromatic heterocycles. The van der Waals surface area contributed by atoms with Crippen LogP contribution in [0.3, 0.4) is 0 Å². The third-order valence-electron chi connectivity index (χ3n) is 2.85. The Morgan fingerprint density at radius 2 is 2.05 bits per heavy atom. The maximum absolute atomic E-state index is 14.0. The monoisotopic (exact) mass is 339 g/mol. The smallest absolute Gasteiger partial charge is 0.243 e. The van der Waals surface area contributed by atoms with E-state index in [9.17, 15) is 17.2 Å². The zero-order valence-corrected chi connectivity index (χ0v) is 13.5. The molecule has 8 heteroatoms. The maximum Gasteiger partial charge on any atom is 0.243 e. The molecule has 0 heterocycles. The SMILES string of the molecule is CCSCCC(C)NS(=O)(=O)c1ccc(F)c(CO)c1F. The molecule has 0 aliphatic heterocycles. The van der Waals surface area contributed by atoms with E-state index < -0.39 is 38.7 Å². The van der Waals surface area contributed by atoms with Gasteiger partial charge in [0, 0.05) is 6.04 Å². The predicted octanol–water partition coefficient (Wildman–Crippen LogP) is 2.27. The molecule has 1 rings (SSSR count). The molecular weight excluding hydrogens is 320 g/mol. The van der Waals surface area contributed by atoms with E-state index in [0.717, 1.165) is 23.6 Å². The highest BCUT2D eigenvalue weighted by atomic mass is 32.2. The van der Waals surface area contributed by atoms with Gasteiger partial charge in [-0.3, -0.25) is 0 Å². The molecule has 0 saturated heterocycles. The number of hydrogen-bond acceptors (Lipinski definition) is 4. The molecule has 4 nitrogen and oxygen atoms in total. The van der Waals surface area contributed by atoms with Crippen molar-refractivity contribution in [3.8, 4) is 0 Å². The Labute approximate surface area is 128 Å². The van der Waals surface area contributed by atoms with Crippen LogP contribution in [0.5, 0.6) is 0 Å². The molecule has 21 heavy (non-hydrogen) atoms. The fraction of sp³-hybridized carbons (Fsp3) is 0.538. The molecule has 0 aliphatic carbocycles. The van der Waals surface area contributed by atoms with Crippen molar-refractivity contribution in [2.24, 2.45) is 0 Å². The number of benzene rings is 1. The Morgan fingerprint density at radius 1 is 1.38 bits per heavy atom. The summed E-state index contributed by atoms with van der Waals surface area (Å²) in [5.41, 5.74) is -0.646. The molecule has 0 radical (unpaired) electrons. The van der Waals surface area contributed by atoms with Crippen LogP contribution < -0.4 is 4.72 Å². The minimum atomic E-state index is -4.09. The minimum Gasteiger partial charge on any atom is -0.391 e. The van der Waals surface area contributed by atoms with E-state index in [0.29, 0.717) is 6.42 Å². The Hall–Kier alpha value is -0.700.